The molecule has 1 fully saturated rings. The van der Waals surface area contributed by atoms with Gasteiger partial charge in [0.05, 0.1) is 12.1 Å². The van der Waals surface area contributed by atoms with E-state index in [1.54, 1.807) is 4.90 Å². The second kappa shape index (κ2) is 5.98. The number of hydrogen-bond donors (Lipinski definition) is 1. The number of pyridine rings is 1. The molecule has 0 radical (unpaired) electrons. The summed E-state index contributed by atoms with van der Waals surface area (Å²) in [6.07, 6.45) is -3.86. The molecule has 2 heterocycles. The first-order valence-electron chi connectivity index (χ1n) is 6.52. The number of likely N-dealkylation sites (N-methyl/N-ethyl adjacent to an activating group) is 1. The number of halogens is 3. The number of piperazine rings is 1. The number of rotatable bonds is 3. The highest BCUT2D eigenvalue weighted by atomic mass is 19.4. The Morgan fingerprint density at radius 3 is 2.48 bits per heavy atom. The summed E-state index contributed by atoms with van der Waals surface area (Å²) in [5, 5.41) is 0. The van der Waals surface area contributed by atoms with Crippen LogP contribution in [0.25, 0.3) is 0 Å². The van der Waals surface area contributed by atoms with E-state index in [0.29, 0.717) is 13.1 Å². The van der Waals surface area contributed by atoms with Crippen LogP contribution in [-0.2, 0) is 6.18 Å². The molecule has 0 amide bonds. The second-order valence-corrected chi connectivity index (χ2v) is 5.09. The molecule has 0 aromatic carbocycles. The topological polar surface area (TPSA) is 56.4 Å². The monoisotopic (exact) mass is 303 g/mol. The van der Waals surface area contributed by atoms with Crippen LogP contribution in [0.5, 0.6) is 0 Å². The SMILES string of the molecule is CN1CCN(CC(=O)c2c(C(F)(F)F)[nH]ccc2=O)CC1. The molecule has 21 heavy (non-hydrogen) atoms. The molecule has 0 aliphatic carbocycles. The third-order valence-electron chi connectivity index (χ3n) is 3.48. The number of hydrogen-bond acceptors (Lipinski definition) is 4. The number of ketones is 1. The highest BCUT2D eigenvalue weighted by Crippen LogP contribution is 2.29. The first-order chi connectivity index (χ1) is 9.79. The summed E-state index contributed by atoms with van der Waals surface area (Å²) in [4.78, 5) is 29.6. The van der Waals surface area contributed by atoms with E-state index < -0.39 is 28.6 Å². The molecule has 1 saturated heterocycles. The molecule has 0 spiro atoms. The van der Waals surface area contributed by atoms with Crippen molar-refractivity contribution < 1.29 is 18.0 Å². The molecular weight excluding hydrogens is 287 g/mol. The highest BCUT2D eigenvalue weighted by Gasteiger charge is 2.37. The van der Waals surface area contributed by atoms with Crippen molar-refractivity contribution >= 4 is 5.78 Å². The Bertz CT molecular complexity index is 575. The van der Waals surface area contributed by atoms with E-state index in [2.05, 4.69) is 4.90 Å². The van der Waals surface area contributed by atoms with Gasteiger partial charge in [0.1, 0.15) is 5.69 Å². The highest BCUT2D eigenvalue weighted by molar-refractivity contribution is 5.98. The normalized spacial score (nSPS) is 17.9. The molecule has 1 aromatic heterocycles. The summed E-state index contributed by atoms with van der Waals surface area (Å²) in [5.74, 6) is -0.797. The van der Waals surface area contributed by atoms with E-state index in [-0.39, 0.29) is 6.54 Å². The fraction of sp³-hybridized carbons (Fsp3) is 0.538. The average molecular weight is 303 g/mol. The smallest absolute Gasteiger partial charge is 0.357 e. The zero-order valence-electron chi connectivity index (χ0n) is 11.5. The van der Waals surface area contributed by atoms with Crippen molar-refractivity contribution in [2.45, 2.75) is 6.18 Å². The number of H-pyrrole nitrogens is 1. The quantitative estimate of drug-likeness (QED) is 0.840. The Morgan fingerprint density at radius 2 is 1.90 bits per heavy atom. The molecule has 1 aliphatic heterocycles. The summed E-state index contributed by atoms with van der Waals surface area (Å²) in [5.41, 5.74) is -2.97. The van der Waals surface area contributed by atoms with Gasteiger partial charge in [-0.15, -0.1) is 0 Å². The minimum absolute atomic E-state index is 0.177. The van der Waals surface area contributed by atoms with Crippen LogP contribution in [0.4, 0.5) is 13.2 Å². The zero-order valence-corrected chi connectivity index (χ0v) is 11.5. The minimum Gasteiger partial charge on any atom is -0.357 e. The van der Waals surface area contributed by atoms with Gasteiger partial charge in [0.25, 0.3) is 0 Å². The second-order valence-electron chi connectivity index (χ2n) is 5.09. The molecule has 2 rings (SSSR count). The first-order valence-corrected chi connectivity index (χ1v) is 6.52. The van der Waals surface area contributed by atoms with E-state index in [1.807, 2.05) is 12.0 Å². The fourth-order valence-corrected chi connectivity index (χ4v) is 2.27. The van der Waals surface area contributed by atoms with Gasteiger partial charge in [0.2, 0.25) is 0 Å². The van der Waals surface area contributed by atoms with Crippen LogP contribution in [0.15, 0.2) is 17.1 Å². The third kappa shape index (κ3) is 3.70. The van der Waals surface area contributed by atoms with Crippen molar-refractivity contribution in [3.8, 4) is 0 Å². The van der Waals surface area contributed by atoms with E-state index in [0.717, 1.165) is 25.4 Å². The molecule has 0 unspecified atom stereocenters. The molecule has 116 valence electrons. The van der Waals surface area contributed by atoms with E-state index in [1.165, 1.54) is 0 Å². The third-order valence-corrected chi connectivity index (χ3v) is 3.48. The Labute approximate surface area is 119 Å². The fourth-order valence-electron chi connectivity index (χ4n) is 2.27. The molecule has 8 heteroatoms. The first kappa shape index (κ1) is 15.7. The van der Waals surface area contributed by atoms with Crippen LogP contribution < -0.4 is 5.43 Å². The lowest BCUT2D eigenvalue weighted by Gasteiger charge is -2.31. The maximum atomic E-state index is 12.9. The standard InChI is InChI=1S/C13H16F3N3O2/c1-18-4-6-19(7-5-18)8-10(21)11-9(20)2-3-17-12(11)13(14,15)16/h2-3H,4-8H2,1H3,(H,17,20). The summed E-state index contributed by atoms with van der Waals surface area (Å²) < 4.78 is 38.6. The summed E-state index contributed by atoms with van der Waals surface area (Å²) in [7, 11) is 1.93. The summed E-state index contributed by atoms with van der Waals surface area (Å²) in [6.45, 7) is 2.49. The number of nitrogens with zero attached hydrogens (tertiary/aromatic N) is 2. The van der Waals surface area contributed by atoms with Crippen LogP contribution in [0.3, 0.4) is 0 Å². The van der Waals surface area contributed by atoms with Gasteiger partial charge in [-0.25, -0.2) is 0 Å². The van der Waals surface area contributed by atoms with Crippen molar-refractivity contribution in [3.05, 3.63) is 33.7 Å². The zero-order chi connectivity index (χ0) is 15.6. The Kier molecular flexibility index (Phi) is 4.48. The molecular formula is C13H16F3N3O2. The Morgan fingerprint density at radius 1 is 1.29 bits per heavy atom. The lowest BCUT2D eigenvalue weighted by molar-refractivity contribution is -0.141. The summed E-state index contributed by atoms with van der Waals surface area (Å²) >= 11 is 0. The number of aromatic amines is 1. The number of carbonyl (C=O) groups is 1. The molecule has 0 bridgehead atoms. The molecule has 1 aliphatic rings. The van der Waals surface area contributed by atoms with Gasteiger partial charge in [0, 0.05) is 38.4 Å². The lowest BCUT2D eigenvalue weighted by atomic mass is 10.1. The summed E-state index contributed by atoms with van der Waals surface area (Å²) in [6, 6.07) is 0.937. The number of alkyl halides is 3. The Balaban J connectivity index is 2.21. The van der Waals surface area contributed by atoms with Crippen LogP contribution in [0, 0.1) is 0 Å². The molecule has 5 nitrogen and oxygen atoms in total. The lowest BCUT2D eigenvalue weighted by Crippen LogP contribution is -2.46. The molecule has 0 saturated carbocycles. The minimum atomic E-state index is -4.76. The van der Waals surface area contributed by atoms with Crippen LogP contribution in [0.2, 0.25) is 0 Å². The average Bonchev–Trinajstić information content (AvgIpc) is 2.40. The Hall–Kier alpha value is -1.67. The van der Waals surface area contributed by atoms with Gasteiger partial charge in [0.15, 0.2) is 11.2 Å². The van der Waals surface area contributed by atoms with Gasteiger partial charge in [-0.05, 0) is 7.05 Å². The van der Waals surface area contributed by atoms with Crippen molar-refractivity contribution in [1.29, 1.82) is 0 Å². The molecule has 1 N–H and O–H groups in total. The maximum absolute atomic E-state index is 12.9. The van der Waals surface area contributed by atoms with Crippen molar-refractivity contribution in [1.82, 2.24) is 14.8 Å². The van der Waals surface area contributed by atoms with Gasteiger partial charge < -0.3 is 9.88 Å². The van der Waals surface area contributed by atoms with Crippen LogP contribution in [-0.4, -0.2) is 60.3 Å². The maximum Gasteiger partial charge on any atom is 0.432 e. The number of nitrogens with one attached hydrogen (secondary N) is 1. The number of Topliss-reactive ketones (excluding diaryl/α,β-unsaturated/α-hetero) is 1. The molecule has 1 aromatic rings. The van der Waals surface area contributed by atoms with Gasteiger partial charge in [-0.1, -0.05) is 0 Å². The van der Waals surface area contributed by atoms with Gasteiger partial charge >= 0.3 is 6.18 Å². The van der Waals surface area contributed by atoms with Crippen molar-refractivity contribution in [2.75, 3.05) is 39.8 Å². The predicted molar refractivity (Wildman–Crippen MR) is 70.3 cm³/mol. The number of aromatic nitrogens is 1. The number of carbonyl (C=O) groups excluding carboxylic acids is 1. The van der Waals surface area contributed by atoms with Gasteiger partial charge in [-0.3, -0.25) is 14.5 Å². The van der Waals surface area contributed by atoms with E-state index in [4.69, 9.17) is 0 Å². The van der Waals surface area contributed by atoms with Gasteiger partial charge in [-0.2, -0.15) is 13.2 Å². The van der Waals surface area contributed by atoms with E-state index in [9.17, 15) is 22.8 Å². The van der Waals surface area contributed by atoms with Crippen molar-refractivity contribution in [3.63, 3.8) is 0 Å². The molecule has 0 atom stereocenters. The van der Waals surface area contributed by atoms with Crippen LogP contribution >= 0.6 is 0 Å². The van der Waals surface area contributed by atoms with Crippen LogP contribution in [0.1, 0.15) is 16.1 Å². The predicted octanol–water partition coefficient (Wildman–Crippen LogP) is 0.824. The van der Waals surface area contributed by atoms with E-state index >= 15 is 0 Å². The van der Waals surface area contributed by atoms with Crippen molar-refractivity contribution in [2.24, 2.45) is 0 Å². The largest absolute Gasteiger partial charge is 0.432 e.